The van der Waals surface area contributed by atoms with Crippen LogP contribution in [0.25, 0.3) is 10.9 Å². The number of amides is 1. The Kier molecular flexibility index (Phi) is 3.17. The fraction of sp³-hybridized carbons (Fsp3) is 0.0625. The molecule has 0 spiro atoms. The Labute approximate surface area is 119 Å². The molecule has 0 aliphatic rings. The number of halogens is 2. The van der Waals surface area contributed by atoms with Gasteiger partial charge in [-0.1, -0.05) is 18.2 Å². The molecule has 0 saturated carbocycles. The lowest BCUT2D eigenvalue weighted by Crippen LogP contribution is -2.13. The van der Waals surface area contributed by atoms with Crippen LogP contribution in [0.15, 0.2) is 42.6 Å². The molecule has 0 unspecified atom stereocenters. The highest BCUT2D eigenvalue weighted by molar-refractivity contribution is 6.12. The summed E-state index contributed by atoms with van der Waals surface area (Å²) in [5.41, 5.74) is 1.20. The number of fused-ring (bicyclic) bond motifs is 1. The van der Waals surface area contributed by atoms with E-state index in [0.717, 1.165) is 23.0 Å². The number of H-pyrrole nitrogens is 1. The highest BCUT2D eigenvalue weighted by Gasteiger charge is 2.15. The van der Waals surface area contributed by atoms with Gasteiger partial charge < -0.3 is 10.3 Å². The summed E-state index contributed by atoms with van der Waals surface area (Å²) in [7, 11) is 0. The topological polar surface area (TPSA) is 44.9 Å². The SMILES string of the molecule is Cc1cc(F)c(NC(=O)c2c[nH]c3ccccc23)cc1F. The standard InChI is InChI=1S/C16H12F2N2O/c1-9-6-13(18)15(7-12(9)17)20-16(21)11-8-19-14-5-3-2-4-10(11)14/h2-8,19H,1H3,(H,20,21). The van der Waals surface area contributed by atoms with Crippen LogP contribution >= 0.6 is 0 Å². The average Bonchev–Trinajstić information content (AvgIpc) is 2.88. The lowest BCUT2D eigenvalue weighted by molar-refractivity contribution is 0.102. The van der Waals surface area contributed by atoms with Gasteiger partial charge in [-0.25, -0.2) is 8.78 Å². The molecule has 2 aromatic carbocycles. The fourth-order valence-electron chi connectivity index (χ4n) is 2.19. The van der Waals surface area contributed by atoms with Gasteiger partial charge >= 0.3 is 0 Å². The van der Waals surface area contributed by atoms with Crippen molar-refractivity contribution in [2.45, 2.75) is 6.92 Å². The van der Waals surface area contributed by atoms with Crippen LogP contribution in [0, 0.1) is 18.6 Å². The summed E-state index contributed by atoms with van der Waals surface area (Å²) in [6, 6.07) is 9.30. The Morgan fingerprint density at radius 2 is 1.90 bits per heavy atom. The van der Waals surface area contributed by atoms with Crippen LogP contribution < -0.4 is 5.32 Å². The Morgan fingerprint density at radius 1 is 1.14 bits per heavy atom. The van der Waals surface area contributed by atoms with E-state index in [1.54, 1.807) is 18.3 Å². The van der Waals surface area contributed by atoms with Crippen molar-refractivity contribution in [2.75, 3.05) is 5.32 Å². The number of aromatic nitrogens is 1. The van der Waals surface area contributed by atoms with E-state index in [0.29, 0.717) is 5.56 Å². The number of rotatable bonds is 2. The summed E-state index contributed by atoms with van der Waals surface area (Å²) in [6.45, 7) is 1.46. The fourth-order valence-corrected chi connectivity index (χ4v) is 2.19. The Balaban J connectivity index is 1.95. The van der Waals surface area contributed by atoms with E-state index in [9.17, 15) is 13.6 Å². The molecule has 1 heterocycles. The van der Waals surface area contributed by atoms with Gasteiger partial charge in [0.15, 0.2) is 0 Å². The molecule has 1 amide bonds. The third-order valence-electron chi connectivity index (χ3n) is 3.33. The second-order valence-electron chi connectivity index (χ2n) is 4.78. The van der Waals surface area contributed by atoms with Crippen LogP contribution in [0.3, 0.4) is 0 Å². The van der Waals surface area contributed by atoms with Gasteiger partial charge in [0.05, 0.1) is 11.3 Å². The lowest BCUT2D eigenvalue weighted by atomic mass is 10.1. The van der Waals surface area contributed by atoms with Crippen LogP contribution in [0.5, 0.6) is 0 Å². The van der Waals surface area contributed by atoms with E-state index in [2.05, 4.69) is 10.3 Å². The van der Waals surface area contributed by atoms with Gasteiger partial charge in [-0.2, -0.15) is 0 Å². The lowest BCUT2D eigenvalue weighted by Gasteiger charge is -2.07. The number of carbonyl (C=O) groups is 1. The normalized spacial score (nSPS) is 10.8. The number of hydrogen-bond acceptors (Lipinski definition) is 1. The summed E-state index contributed by atoms with van der Waals surface area (Å²) in [5.74, 6) is -1.72. The van der Waals surface area contributed by atoms with E-state index in [1.165, 1.54) is 6.92 Å². The van der Waals surface area contributed by atoms with Gasteiger partial charge in [0, 0.05) is 23.2 Å². The molecule has 21 heavy (non-hydrogen) atoms. The highest BCUT2D eigenvalue weighted by atomic mass is 19.1. The quantitative estimate of drug-likeness (QED) is 0.734. The molecule has 3 aromatic rings. The first-order chi connectivity index (χ1) is 10.1. The first kappa shape index (κ1) is 13.3. The van der Waals surface area contributed by atoms with Crippen molar-refractivity contribution in [3.05, 3.63) is 65.4 Å². The van der Waals surface area contributed by atoms with Crippen molar-refractivity contribution in [2.24, 2.45) is 0 Å². The number of anilines is 1. The van der Waals surface area contributed by atoms with Gasteiger partial charge in [-0.05, 0) is 24.6 Å². The molecule has 0 radical (unpaired) electrons. The van der Waals surface area contributed by atoms with Gasteiger partial charge in [0.2, 0.25) is 0 Å². The summed E-state index contributed by atoms with van der Waals surface area (Å²) >= 11 is 0. The van der Waals surface area contributed by atoms with E-state index in [4.69, 9.17) is 0 Å². The van der Waals surface area contributed by atoms with Gasteiger partial charge in [-0.3, -0.25) is 4.79 Å². The number of aryl methyl sites for hydroxylation is 1. The molecule has 0 bridgehead atoms. The van der Waals surface area contributed by atoms with Crippen molar-refractivity contribution in [1.29, 1.82) is 0 Å². The average molecular weight is 286 g/mol. The zero-order chi connectivity index (χ0) is 15.0. The molecule has 2 N–H and O–H groups in total. The summed E-state index contributed by atoms with van der Waals surface area (Å²) < 4.78 is 27.2. The highest BCUT2D eigenvalue weighted by Crippen LogP contribution is 2.22. The summed E-state index contributed by atoms with van der Waals surface area (Å²) in [6.07, 6.45) is 1.54. The Bertz CT molecular complexity index is 839. The van der Waals surface area contributed by atoms with Crippen LogP contribution in [-0.4, -0.2) is 10.9 Å². The third kappa shape index (κ3) is 2.38. The molecule has 3 rings (SSSR count). The second-order valence-corrected chi connectivity index (χ2v) is 4.78. The molecule has 0 atom stereocenters. The van der Waals surface area contributed by atoms with Crippen LogP contribution in [0.1, 0.15) is 15.9 Å². The molecule has 0 saturated heterocycles. The minimum Gasteiger partial charge on any atom is -0.360 e. The van der Waals surface area contributed by atoms with Crippen LogP contribution in [0.2, 0.25) is 0 Å². The van der Waals surface area contributed by atoms with E-state index in [-0.39, 0.29) is 11.3 Å². The van der Waals surface area contributed by atoms with Gasteiger partial charge in [0.25, 0.3) is 5.91 Å². The third-order valence-corrected chi connectivity index (χ3v) is 3.33. The van der Waals surface area contributed by atoms with E-state index < -0.39 is 17.5 Å². The molecule has 0 aliphatic carbocycles. The van der Waals surface area contributed by atoms with Gasteiger partial charge in [0.1, 0.15) is 11.6 Å². The molecule has 1 aromatic heterocycles. The molecular formula is C16H12F2N2O. The maximum Gasteiger partial charge on any atom is 0.257 e. The molecule has 106 valence electrons. The number of nitrogens with one attached hydrogen (secondary N) is 2. The van der Waals surface area contributed by atoms with Crippen molar-refractivity contribution >= 4 is 22.5 Å². The zero-order valence-electron chi connectivity index (χ0n) is 11.2. The summed E-state index contributed by atoms with van der Waals surface area (Å²) in [4.78, 5) is 15.2. The Hall–Kier alpha value is -2.69. The second kappa shape index (κ2) is 5.01. The van der Waals surface area contributed by atoms with E-state index >= 15 is 0 Å². The maximum atomic E-state index is 13.8. The van der Waals surface area contributed by atoms with Crippen molar-refractivity contribution in [3.8, 4) is 0 Å². The van der Waals surface area contributed by atoms with Crippen LogP contribution in [-0.2, 0) is 0 Å². The number of hydrogen-bond donors (Lipinski definition) is 2. The largest absolute Gasteiger partial charge is 0.360 e. The monoisotopic (exact) mass is 286 g/mol. The molecule has 0 fully saturated rings. The van der Waals surface area contributed by atoms with Crippen molar-refractivity contribution in [3.63, 3.8) is 0 Å². The minimum atomic E-state index is -0.665. The van der Waals surface area contributed by atoms with E-state index in [1.807, 2.05) is 12.1 Å². The Morgan fingerprint density at radius 3 is 2.71 bits per heavy atom. The molecule has 5 heteroatoms. The predicted octanol–water partition coefficient (Wildman–Crippen LogP) is 4.01. The smallest absolute Gasteiger partial charge is 0.257 e. The predicted molar refractivity (Wildman–Crippen MR) is 77.3 cm³/mol. The first-order valence-electron chi connectivity index (χ1n) is 6.39. The number of para-hydroxylation sites is 1. The number of aromatic amines is 1. The van der Waals surface area contributed by atoms with Gasteiger partial charge in [-0.15, -0.1) is 0 Å². The summed E-state index contributed by atoms with van der Waals surface area (Å²) in [5, 5.41) is 3.12. The minimum absolute atomic E-state index is 0.173. The first-order valence-corrected chi connectivity index (χ1v) is 6.39. The van der Waals surface area contributed by atoms with Crippen molar-refractivity contribution < 1.29 is 13.6 Å². The number of carbonyl (C=O) groups excluding carboxylic acids is 1. The van der Waals surface area contributed by atoms with Crippen molar-refractivity contribution in [1.82, 2.24) is 4.98 Å². The van der Waals surface area contributed by atoms with Crippen LogP contribution in [0.4, 0.5) is 14.5 Å². The molecular weight excluding hydrogens is 274 g/mol. The zero-order valence-corrected chi connectivity index (χ0v) is 11.2. The molecule has 0 aliphatic heterocycles. The number of benzene rings is 2. The molecule has 3 nitrogen and oxygen atoms in total. The maximum absolute atomic E-state index is 13.8.